The Morgan fingerprint density at radius 1 is 1.29 bits per heavy atom. The van der Waals surface area contributed by atoms with Gasteiger partial charge in [-0.25, -0.2) is 0 Å². The lowest BCUT2D eigenvalue weighted by molar-refractivity contribution is 0.462. The van der Waals surface area contributed by atoms with Gasteiger partial charge in [0, 0.05) is 30.0 Å². The van der Waals surface area contributed by atoms with Crippen LogP contribution in [0.5, 0.6) is 0 Å². The van der Waals surface area contributed by atoms with Crippen LogP contribution in [0, 0.1) is 0 Å². The molecule has 1 unspecified atom stereocenters. The van der Waals surface area contributed by atoms with Crippen molar-refractivity contribution >= 4 is 11.6 Å². The summed E-state index contributed by atoms with van der Waals surface area (Å²) in [5.74, 6) is 0. The maximum Gasteiger partial charge on any atom is 0.0485 e. The second-order valence-electron chi connectivity index (χ2n) is 5.90. The molecule has 0 amide bonds. The van der Waals surface area contributed by atoms with E-state index in [-0.39, 0.29) is 0 Å². The molecule has 0 aliphatic heterocycles. The molecule has 21 heavy (non-hydrogen) atoms. The Balaban J connectivity index is 1.80. The standard InChI is InChI=1S/C18H23ClN2/c1-2-10-20-18-9-5-7-14-11-21(13-16(14)18)12-15-6-3-4-8-17(15)19/h3-4,6,8,11,13,18,20H,2,5,7,9-10,12H2,1H3. The number of nitrogens with zero attached hydrogens (tertiary/aromatic N) is 1. The molecule has 0 fully saturated rings. The third kappa shape index (κ3) is 3.33. The van der Waals surface area contributed by atoms with Crippen LogP contribution in [0.1, 0.15) is 48.9 Å². The molecule has 0 radical (unpaired) electrons. The van der Waals surface area contributed by atoms with Gasteiger partial charge in [0.05, 0.1) is 0 Å². The average Bonchev–Trinajstić information content (AvgIpc) is 2.90. The van der Waals surface area contributed by atoms with E-state index in [2.05, 4.69) is 41.3 Å². The highest BCUT2D eigenvalue weighted by molar-refractivity contribution is 6.31. The normalized spacial score (nSPS) is 17.7. The summed E-state index contributed by atoms with van der Waals surface area (Å²) in [5, 5.41) is 4.53. The molecule has 1 atom stereocenters. The smallest absolute Gasteiger partial charge is 0.0485 e. The van der Waals surface area contributed by atoms with Crippen LogP contribution >= 0.6 is 11.6 Å². The zero-order valence-electron chi connectivity index (χ0n) is 12.6. The summed E-state index contributed by atoms with van der Waals surface area (Å²) in [7, 11) is 0. The molecular weight excluding hydrogens is 280 g/mol. The lowest BCUT2D eigenvalue weighted by atomic mass is 9.91. The highest BCUT2D eigenvalue weighted by Crippen LogP contribution is 2.31. The van der Waals surface area contributed by atoms with E-state index < -0.39 is 0 Å². The lowest BCUT2D eigenvalue weighted by Crippen LogP contribution is -2.24. The van der Waals surface area contributed by atoms with Gasteiger partial charge < -0.3 is 9.88 Å². The molecule has 3 heteroatoms. The van der Waals surface area contributed by atoms with Gasteiger partial charge in [-0.2, -0.15) is 0 Å². The summed E-state index contributed by atoms with van der Waals surface area (Å²) in [6, 6.07) is 8.63. The first-order chi connectivity index (χ1) is 10.3. The fourth-order valence-corrected chi connectivity index (χ4v) is 3.39. The number of rotatable bonds is 5. The van der Waals surface area contributed by atoms with E-state index in [0.717, 1.165) is 18.1 Å². The van der Waals surface area contributed by atoms with Gasteiger partial charge in [0.15, 0.2) is 0 Å². The molecule has 0 saturated heterocycles. The van der Waals surface area contributed by atoms with Gasteiger partial charge in [-0.15, -0.1) is 0 Å². The second kappa shape index (κ2) is 6.67. The predicted molar refractivity (Wildman–Crippen MR) is 89.0 cm³/mol. The van der Waals surface area contributed by atoms with Crippen LogP contribution in [-0.4, -0.2) is 11.1 Å². The van der Waals surface area contributed by atoms with Crippen LogP contribution in [0.15, 0.2) is 36.7 Å². The SMILES string of the molecule is CCCNC1CCCc2cn(Cc3ccccc3Cl)cc21. The van der Waals surface area contributed by atoms with Crippen LogP contribution < -0.4 is 5.32 Å². The second-order valence-corrected chi connectivity index (χ2v) is 6.31. The average molecular weight is 303 g/mol. The summed E-state index contributed by atoms with van der Waals surface area (Å²) >= 11 is 6.27. The van der Waals surface area contributed by atoms with Crippen molar-refractivity contribution in [3.05, 3.63) is 58.4 Å². The highest BCUT2D eigenvalue weighted by atomic mass is 35.5. The zero-order chi connectivity index (χ0) is 14.7. The number of aromatic nitrogens is 1. The molecule has 2 aromatic rings. The van der Waals surface area contributed by atoms with E-state index >= 15 is 0 Å². The monoisotopic (exact) mass is 302 g/mol. The molecular formula is C18H23ClN2. The summed E-state index contributed by atoms with van der Waals surface area (Å²) < 4.78 is 2.29. The number of halogens is 1. The van der Waals surface area contributed by atoms with Gasteiger partial charge in [-0.05, 0) is 55.0 Å². The number of fused-ring (bicyclic) bond motifs is 1. The third-order valence-corrected chi connectivity index (χ3v) is 4.63. The molecule has 112 valence electrons. The van der Waals surface area contributed by atoms with Gasteiger partial charge >= 0.3 is 0 Å². The first kappa shape index (κ1) is 14.7. The van der Waals surface area contributed by atoms with Crippen molar-refractivity contribution in [2.45, 2.75) is 45.2 Å². The Hall–Kier alpha value is -1.25. The predicted octanol–water partition coefficient (Wildman–Crippen LogP) is 4.57. The topological polar surface area (TPSA) is 17.0 Å². The molecule has 1 aliphatic rings. The van der Waals surface area contributed by atoms with Gasteiger partial charge in [-0.1, -0.05) is 36.7 Å². The van der Waals surface area contributed by atoms with Crippen LogP contribution in [-0.2, 0) is 13.0 Å². The van der Waals surface area contributed by atoms with Gasteiger partial charge in [0.2, 0.25) is 0 Å². The van der Waals surface area contributed by atoms with Crippen LogP contribution in [0.4, 0.5) is 0 Å². The van der Waals surface area contributed by atoms with Gasteiger partial charge in [-0.3, -0.25) is 0 Å². The minimum atomic E-state index is 0.529. The quantitative estimate of drug-likeness (QED) is 0.856. The Labute approximate surface area is 132 Å². The molecule has 1 heterocycles. The molecule has 1 aromatic carbocycles. The first-order valence-electron chi connectivity index (χ1n) is 7.93. The summed E-state index contributed by atoms with van der Waals surface area (Å²) in [6.07, 6.45) is 9.54. The Morgan fingerprint density at radius 2 is 2.14 bits per heavy atom. The van der Waals surface area contributed by atoms with Crippen LogP contribution in [0.3, 0.4) is 0 Å². The highest BCUT2D eigenvalue weighted by Gasteiger charge is 2.21. The largest absolute Gasteiger partial charge is 0.349 e. The minimum Gasteiger partial charge on any atom is -0.349 e. The maximum absolute atomic E-state index is 6.27. The number of hydrogen-bond donors (Lipinski definition) is 1. The van der Waals surface area contributed by atoms with Crippen molar-refractivity contribution in [2.75, 3.05) is 6.54 Å². The number of aryl methyl sites for hydroxylation is 1. The molecule has 2 nitrogen and oxygen atoms in total. The number of nitrogens with one attached hydrogen (secondary N) is 1. The fourth-order valence-electron chi connectivity index (χ4n) is 3.19. The van der Waals surface area contributed by atoms with Crippen molar-refractivity contribution in [3.8, 4) is 0 Å². The molecule has 0 spiro atoms. The van der Waals surface area contributed by atoms with Gasteiger partial charge in [0.25, 0.3) is 0 Å². The van der Waals surface area contributed by atoms with Crippen LogP contribution in [0.25, 0.3) is 0 Å². The molecule has 1 aromatic heterocycles. The van der Waals surface area contributed by atoms with E-state index in [1.165, 1.54) is 42.4 Å². The van der Waals surface area contributed by atoms with E-state index in [9.17, 15) is 0 Å². The molecule has 0 bridgehead atoms. The van der Waals surface area contributed by atoms with Crippen molar-refractivity contribution in [1.29, 1.82) is 0 Å². The minimum absolute atomic E-state index is 0.529. The Bertz CT molecular complexity index is 603. The van der Waals surface area contributed by atoms with E-state index in [0.29, 0.717) is 6.04 Å². The molecule has 3 rings (SSSR count). The Kier molecular flexibility index (Phi) is 4.67. The van der Waals surface area contributed by atoms with Crippen molar-refractivity contribution in [2.24, 2.45) is 0 Å². The Morgan fingerprint density at radius 3 is 2.95 bits per heavy atom. The van der Waals surface area contributed by atoms with E-state index in [1.54, 1.807) is 0 Å². The van der Waals surface area contributed by atoms with Crippen molar-refractivity contribution in [1.82, 2.24) is 9.88 Å². The third-order valence-electron chi connectivity index (χ3n) is 4.26. The molecule has 0 saturated carbocycles. The molecule has 1 N–H and O–H groups in total. The van der Waals surface area contributed by atoms with E-state index in [4.69, 9.17) is 11.6 Å². The summed E-state index contributed by atoms with van der Waals surface area (Å²) in [4.78, 5) is 0. The van der Waals surface area contributed by atoms with Gasteiger partial charge in [0.1, 0.15) is 0 Å². The van der Waals surface area contributed by atoms with E-state index in [1.807, 2.05) is 12.1 Å². The summed E-state index contributed by atoms with van der Waals surface area (Å²) in [6.45, 7) is 4.17. The summed E-state index contributed by atoms with van der Waals surface area (Å²) in [5.41, 5.74) is 4.17. The molecule has 1 aliphatic carbocycles. The number of hydrogen-bond acceptors (Lipinski definition) is 1. The fraction of sp³-hybridized carbons (Fsp3) is 0.444. The zero-order valence-corrected chi connectivity index (χ0v) is 13.4. The first-order valence-corrected chi connectivity index (χ1v) is 8.31. The lowest BCUT2D eigenvalue weighted by Gasteiger charge is -2.23. The van der Waals surface area contributed by atoms with Crippen molar-refractivity contribution in [3.63, 3.8) is 0 Å². The number of benzene rings is 1. The van der Waals surface area contributed by atoms with Crippen LogP contribution in [0.2, 0.25) is 5.02 Å². The van der Waals surface area contributed by atoms with Crippen molar-refractivity contribution < 1.29 is 0 Å². The maximum atomic E-state index is 6.27.